The molecule has 0 aliphatic carbocycles. The molecule has 0 bridgehead atoms. The third kappa shape index (κ3) is 3.40. The molecule has 2 nitrogen and oxygen atoms in total. The predicted octanol–water partition coefficient (Wildman–Crippen LogP) is 3.55. The molecule has 2 heteroatoms. The van der Waals surface area contributed by atoms with E-state index in [1.165, 1.54) is 5.56 Å². The minimum atomic E-state index is 0.190. The third-order valence-corrected chi connectivity index (χ3v) is 3.87. The number of nitrogens with zero attached hydrogens (tertiary/aromatic N) is 1. The molecule has 1 amide bonds. The van der Waals surface area contributed by atoms with Gasteiger partial charge in [0.15, 0.2) is 0 Å². The van der Waals surface area contributed by atoms with Crippen LogP contribution in [0.5, 0.6) is 0 Å². The zero-order valence-electron chi connectivity index (χ0n) is 12.0. The first-order valence-electron chi connectivity index (χ1n) is 7.42. The number of rotatable bonds is 4. The third-order valence-electron chi connectivity index (χ3n) is 3.87. The molecule has 1 heterocycles. The molecule has 2 aromatic rings. The van der Waals surface area contributed by atoms with Crippen molar-refractivity contribution in [2.24, 2.45) is 0 Å². The first-order valence-corrected chi connectivity index (χ1v) is 7.42. The molecule has 3 rings (SSSR count). The molecule has 1 aliphatic heterocycles. The van der Waals surface area contributed by atoms with Crippen LogP contribution in [0.2, 0.25) is 0 Å². The van der Waals surface area contributed by atoms with Gasteiger partial charge in [-0.25, -0.2) is 0 Å². The van der Waals surface area contributed by atoms with E-state index in [0.29, 0.717) is 0 Å². The van der Waals surface area contributed by atoms with E-state index < -0.39 is 0 Å². The molecule has 0 unspecified atom stereocenters. The lowest BCUT2D eigenvalue weighted by molar-refractivity contribution is -0.124. The zero-order valence-corrected chi connectivity index (χ0v) is 12.0. The van der Waals surface area contributed by atoms with E-state index in [1.807, 2.05) is 59.5 Å². The average Bonchev–Trinajstić information content (AvgIpc) is 2.88. The lowest BCUT2D eigenvalue weighted by Gasteiger charge is -2.14. The van der Waals surface area contributed by atoms with Crippen molar-refractivity contribution in [3.63, 3.8) is 0 Å². The Morgan fingerprint density at radius 1 is 0.952 bits per heavy atom. The largest absolute Gasteiger partial charge is 0.338 e. The molecule has 0 saturated carbocycles. The summed E-state index contributed by atoms with van der Waals surface area (Å²) in [5.74, 6) is 0.190. The van der Waals surface area contributed by atoms with E-state index in [-0.39, 0.29) is 5.91 Å². The van der Waals surface area contributed by atoms with Crippen LogP contribution in [-0.4, -0.2) is 23.9 Å². The van der Waals surface area contributed by atoms with Gasteiger partial charge in [0.05, 0.1) is 0 Å². The summed E-state index contributed by atoms with van der Waals surface area (Å²) < 4.78 is 0. The number of amides is 1. The molecular formula is C19H19NO. The van der Waals surface area contributed by atoms with Crippen molar-refractivity contribution in [1.82, 2.24) is 4.90 Å². The molecule has 0 aromatic heterocycles. The molecular weight excluding hydrogens is 258 g/mol. The second-order valence-electron chi connectivity index (χ2n) is 5.36. The van der Waals surface area contributed by atoms with Crippen molar-refractivity contribution in [1.29, 1.82) is 0 Å². The standard InChI is InChI=1S/C19H19NO/c21-19-18(15-17-9-5-2-6-10-17)12-14-20(19)13-11-16-7-3-1-4-8-16/h1-10,15H,11-14H2/b18-15+. The fourth-order valence-corrected chi connectivity index (χ4v) is 2.67. The first-order chi connectivity index (χ1) is 10.3. The monoisotopic (exact) mass is 277 g/mol. The van der Waals surface area contributed by atoms with Gasteiger partial charge in [0, 0.05) is 18.7 Å². The van der Waals surface area contributed by atoms with Gasteiger partial charge < -0.3 is 4.90 Å². The van der Waals surface area contributed by atoms with Gasteiger partial charge in [0.2, 0.25) is 5.91 Å². The molecule has 106 valence electrons. The molecule has 0 radical (unpaired) electrons. The van der Waals surface area contributed by atoms with Crippen LogP contribution >= 0.6 is 0 Å². The lowest BCUT2D eigenvalue weighted by atomic mass is 10.1. The van der Waals surface area contributed by atoms with E-state index in [0.717, 1.165) is 37.1 Å². The number of likely N-dealkylation sites (tertiary alicyclic amines) is 1. The van der Waals surface area contributed by atoms with E-state index in [9.17, 15) is 4.79 Å². The highest BCUT2D eigenvalue weighted by atomic mass is 16.2. The van der Waals surface area contributed by atoms with Gasteiger partial charge in [-0.2, -0.15) is 0 Å². The van der Waals surface area contributed by atoms with Crippen LogP contribution in [0.4, 0.5) is 0 Å². The highest BCUT2D eigenvalue weighted by molar-refractivity contribution is 5.99. The van der Waals surface area contributed by atoms with Gasteiger partial charge in [-0.05, 0) is 30.0 Å². The summed E-state index contributed by atoms with van der Waals surface area (Å²) in [6.07, 6.45) is 3.79. The Hall–Kier alpha value is -2.35. The predicted molar refractivity (Wildman–Crippen MR) is 85.8 cm³/mol. The van der Waals surface area contributed by atoms with Crippen molar-refractivity contribution >= 4 is 12.0 Å². The number of benzene rings is 2. The lowest BCUT2D eigenvalue weighted by Crippen LogP contribution is -2.27. The zero-order chi connectivity index (χ0) is 14.5. The molecule has 21 heavy (non-hydrogen) atoms. The summed E-state index contributed by atoms with van der Waals surface area (Å²) in [6.45, 7) is 1.64. The van der Waals surface area contributed by atoms with E-state index in [4.69, 9.17) is 0 Å². The van der Waals surface area contributed by atoms with Gasteiger partial charge in [-0.1, -0.05) is 60.7 Å². The maximum absolute atomic E-state index is 12.4. The maximum atomic E-state index is 12.4. The highest BCUT2D eigenvalue weighted by Gasteiger charge is 2.25. The summed E-state index contributed by atoms with van der Waals surface area (Å²) in [7, 11) is 0. The Bertz CT molecular complexity index is 631. The van der Waals surface area contributed by atoms with Gasteiger partial charge >= 0.3 is 0 Å². The average molecular weight is 277 g/mol. The Morgan fingerprint density at radius 2 is 1.62 bits per heavy atom. The molecule has 1 saturated heterocycles. The first kappa shape index (κ1) is 13.6. The number of hydrogen-bond donors (Lipinski definition) is 0. The van der Waals surface area contributed by atoms with Gasteiger partial charge in [0.25, 0.3) is 0 Å². The number of hydrogen-bond acceptors (Lipinski definition) is 1. The SMILES string of the molecule is O=C1/C(=C/c2ccccc2)CCN1CCc1ccccc1. The second-order valence-corrected chi connectivity index (χ2v) is 5.36. The Kier molecular flexibility index (Phi) is 4.15. The summed E-state index contributed by atoms with van der Waals surface area (Å²) in [5, 5.41) is 0. The van der Waals surface area contributed by atoms with Crippen LogP contribution in [0.1, 0.15) is 17.5 Å². The molecule has 0 spiro atoms. The van der Waals surface area contributed by atoms with Gasteiger partial charge in [-0.15, -0.1) is 0 Å². The topological polar surface area (TPSA) is 20.3 Å². The highest BCUT2D eigenvalue weighted by Crippen LogP contribution is 2.20. The van der Waals surface area contributed by atoms with Crippen molar-refractivity contribution in [2.45, 2.75) is 12.8 Å². The molecule has 2 aromatic carbocycles. The second kappa shape index (κ2) is 6.40. The molecule has 1 fully saturated rings. The molecule has 0 N–H and O–H groups in total. The minimum absolute atomic E-state index is 0.190. The van der Waals surface area contributed by atoms with Crippen LogP contribution in [0.3, 0.4) is 0 Å². The minimum Gasteiger partial charge on any atom is -0.338 e. The normalized spacial score (nSPS) is 16.7. The quantitative estimate of drug-likeness (QED) is 0.783. The summed E-state index contributed by atoms with van der Waals surface area (Å²) >= 11 is 0. The van der Waals surface area contributed by atoms with Crippen LogP contribution in [0.25, 0.3) is 6.08 Å². The molecule has 1 aliphatic rings. The Labute approximate surface area is 125 Å². The van der Waals surface area contributed by atoms with Gasteiger partial charge in [-0.3, -0.25) is 4.79 Å². The van der Waals surface area contributed by atoms with Crippen molar-refractivity contribution in [2.75, 3.05) is 13.1 Å². The van der Waals surface area contributed by atoms with Crippen LogP contribution in [-0.2, 0) is 11.2 Å². The van der Waals surface area contributed by atoms with E-state index in [1.54, 1.807) is 0 Å². The van der Waals surface area contributed by atoms with Crippen LogP contribution in [0, 0.1) is 0 Å². The fourth-order valence-electron chi connectivity index (χ4n) is 2.67. The van der Waals surface area contributed by atoms with Crippen molar-refractivity contribution < 1.29 is 4.79 Å². The number of carbonyl (C=O) groups excluding carboxylic acids is 1. The summed E-state index contributed by atoms with van der Waals surface area (Å²) in [6, 6.07) is 20.4. The number of carbonyl (C=O) groups is 1. The smallest absolute Gasteiger partial charge is 0.249 e. The van der Waals surface area contributed by atoms with Crippen LogP contribution < -0.4 is 0 Å². The van der Waals surface area contributed by atoms with Crippen LogP contribution in [0.15, 0.2) is 66.2 Å². The van der Waals surface area contributed by atoms with Crippen molar-refractivity contribution in [3.05, 3.63) is 77.4 Å². The molecule has 0 atom stereocenters. The van der Waals surface area contributed by atoms with Crippen molar-refractivity contribution in [3.8, 4) is 0 Å². The van der Waals surface area contributed by atoms with Gasteiger partial charge in [0.1, 0.15) is 0 Å². The summed E-state index contributed by atoms with van der Waals surface area (Å²) in [5.41, 5.74) is 3.31. The van der Waals surface area contributed by atoms with E-state index >= 15 is 0 Å². The fraction of sp³-hybridized carbons (Fsp3) is 0.211. The Morgan fingerprint density at radius 3 is 2.33 bits per heavy atom. The Balaban J connectivity index is 1.63. The maximum Gasteiger partial charge on any atom is 0.249 e. The van der Waals surface area contributed by atoms with E-state index in [2.05, 4.69) is 12.1 Å². The summed E-state index contributed by atoms with van der Waals surface area (Å²) in [4.78, 5) is 14.3.